The Balaban J connectivity index is 2.73. The standard InChI is InChI=1S/C9H8N4O/c1-2-7(14)6-5-11-8-3-4-12-13(8)9(6)10/h2-5H,1,10H2. The van der Waals surface area contributed by atoms with Gasteiger partial charge in [-0.3, -0.25) is 4.79 Å². The van der Waals surface area contributed by atoms with E-state index in [1.807, 2.05) is 0 Å². The molecule has 0 atom stereocenters. The van der Waals surface area contributed by atoms with Crippen LogP contribution in [0.2, 0.25) is 0 Å². The molecule has 0 amide bonds. The summed E-state index contributed by atoms with van der Waals surface area (Å²) in [5.41, 5.74) is 6.66. The zero-order chi connectivity index (χ0) is 10.1. The lowest BCUT2D eigenvalue weighted by molar-refractivity contribution is 0.104. The summed E-state index contributed by atoms with van der Waals surface area (Å²) in [4.78, 5) is 15.3. The van der Waals surface area contributed by atoms with Crippen molar-refractivity contribution in [3.8, 4) is 0 Å². The predicted molar refractivity (Wildman–Crippen MR) is 51.9 cm³/mol. The van der Waals surface area contributed by atoms with E-state index < -0.39 is 0 Å². The summed E-state index contributed by atoms with van der Waals surface area (Å²) in [6.07, 6.45) is 4.19. The van der Waals surface area contributed by atoms with Gasteiger partial charge in [-0.15, -0.1) is 0 Å². The monoisotopic (exact) mass is 188 g/mol. The number of ketones is 1. The summed E-state index contributed by atoms with van der Waals surface area (Å²) in [7, 11) is 0. The second kappa shape index (κ2) is 2.95. The molecular weight excluding hydrogens is 180 g/mol. The lowest BCUT2D eigenvalue weighted by atomic mass is 10.2. The normalized spacial score (nSPS) is 10.3. The summed E-state index contributed by atoms with van der Waals surface area (Å²) in [6.45, 7) is 3.38. The topological polar surface area (TPSA) is 73.3 Å². The van der Waals surface area contributed by atoms with Gasteiger partial charge in [-0.25, -0.2) is 4.98 Å². The SMILES string of the molecule is C=CC(=O)c1cnc2ccnn2c1N. The molecule has 0 fully saturated rings. The fourth-order valence-electron chi connectivity index (χ4n) is 1.19. The second-order valence-electron chi connectivity index (χ2n) is 2.73. The molecule has 0 aliphatic heterocycles. The number of hydrogen-bond acceptors (Lipinski definition) is 4. The van der Waals surface area contributed by atoms with E-state index in [2.05, 4.69) is 16.7 Å². The van der Waals surface area contributed by atoms with Gasteiger partial charge in [0.05, 0.1) is 11.8 Å². The summed E-state index contributed by atoms with van der Waals surface area (Å²) in [5.74, 6) is 0.0253. The molecule has 0 aliphatic carbocycles. The van der Waals surface area contributed by atoms with Gasteiger partial charge in [0.15, 0.2) is 11.4 Å². The van der Waals surface area contributed by atoms with Crippen molar-refractivity contribution in [1.29, 1.82) is 0 Å². The van der Waals surface area contributed by atoms with Crippen molar-refractivity contribution in [3.63, 3.8) is 0 Å². The lowest BCUT2D eigenvalue weighted by Crippen LogP contribution is -2.08. The van der Waals surface area contributed by atoms with Crippen LogP contribution in [0.5, 0.6) is 0 Å². The molecule has 0 saturated carbocycles. The van der Waals surface area contributed by atoms with Gasteiger partial charge in [-0.2, -0.15) is 9.61 Å². The number of nitrogens with zero attached hydrogens (tertiary/aromatic N) is 3. The molecule has 5 nitrogen and oxygen atoms in total. The molecule has 14 heavy (non-hydrogen) atoms. The van der Waals surface area contributed by atoms with Gasteiger partial charge >= 0.3 is 0 Å². The summed E-state index contributed by atoms with van der Waals surface area (Å²) >= 11 is 0. The van der Waals surface area contributed by atoms with Crippen LogP contribution in [0.4, 0.5) is 5.82 Å². The van der Waals surface area contributed by atoms with Gasteiger partial charge in [0.2, 0.25) is 0 Å². The number of anilines is 1. The van der Waals surface area contributed by atoms with Crippen LogP contribution in [0.25, 0.3) is 5.65 Å². The number of fused-ring (bicyclic) bond motifs is 1. The van der Waals surface area contributed by atoms with Crippen molar-refractivity contribution in [2.24, 2.45) is 0 Å². The van der Waals surface area contributed by atoms with E-state index in [9.17, 15) is 4.79 Å². The Labute approximate surface area is 79.9 Å². The van der Waals surface area contributed by atoms with E-state index in [0.29, 0.717) is 11.2 Å². The number of carbonyl (C=O) groups excluding carboxylic acids is 1. The van der Waals surface area contributed by atoms with Gasteiger partial charge in [-0.05, 0) is 6.08 Å². The number of allylic oxidation sites excluding steroid dienone is 1. The fraction of sp³-hybridized carbons (Fsp3) is 0. The van der Waals surface area contributed by atoms with Gasteiger partial charge in [0.1, 0.15) is 5.82 Å². The van der Waals surface area contributed by atoms with Crippen molar-refractivity contribution in [3.05, 3.63) is 36.7 Å². The Morgan fingerprint density at radius 1 is 1.64 bits per heavy atom. The van der Waals surface area contributed by atoms with Crippen LogP contribution >= 0.6 is 0 Å². The highest BCUT2D eigenvalue weighted by atomic mass is 16.1. The predicted octanol–water partition coefficient (Wildman–Crippen LogP) is 0.680. The highest BCUT2D eigenvalue weighted by molar-refractivity contribution is 6.07. The van der Waals surface area contributed by atoms with Gasteiger partial charge in [-0.1, -0.05) is 6.58 Å². The number of rotatable bonds is 2. The lowest BCUT2D eigenvalue weighted by Gasteiger charge is -2.02. The van der Waals surface area contributed by atoms with Crippen molar-refractivity contribution in [2.75, 3.05) is 5.73 Å². The Morgan fingerprint density at radius 3 is 3.14 bits per heavy atom. The van der Waals surface area contributed by atoms with E-state index >= 15 is 0 Å². The van der Waals surface area contributed by atoms with E-state index in [1.165, 1.54) is 16.8 Å². The maximum atomic E-state index is 11.3. The third-order valence-corrected chi connectivity index (χ3v) is 1.90. The first kappa shape index (κ1) is 8.43. The van der Waals surface area contributed by atoms with Crippen LogP contribution in [-0.2, 0) is 0 Å². The van der Waals surface area contributed by atoms with Crippen molar-refractivity contribution in [1.82, 2.24) is 14.6 Å². The Hall–Kier alpha value is -2.17. The summed E-state index contributed by atoms with van der Waals surface area (Å²) < 4.78 is 1.41. The molecule has 2 N–H and O–H groups in total. The highest BCUT2D eigenvalue weighted by Crippen LogP contribution is 2.12. The Morgan fingerprint density at radius 2 is 2.43 bits per heavy atom. The Kier molecular flexibility index (Phi) is 1.78. The van der Waals surface area contributed by atoms with E-state index in [0.717, 1.165) is 0 Å². The number of nitrogens with two attached hydrogens (primary N) is 1. The van der Waals surface area contributed by atoms with Crippen molar-refractivity contribution < 1.29 is 4.79 Å². The first-order valence-electron chi connectivity index (χ1n) is 3.99. The molecule has 0 radical (unpaired) electrons. The van der Waals surface area contributed by atoms with Gasteiger partial charge < -0.3 is 5.73 Å². The zero-order valence-electron chi connectivity index (χ0n) is 7.34. The molecule has 0 bridgehead atoms. The molecule has 2 aromatic heterocycles. The fourth-order valence-corrected chi connectivity index (χ4v) is 1.19. The number of aromatic nitrogens is 3. The molecule has 2 aromatic rings. The Bertz CT molecular complexity index is 515. The average molecular weight is 188 g/mol. The first-order valence-corrected chi connectivity index (χ1v) is 3.99. The van der Waals surface area contributed by atoms with E-state index in [1.54, 1.807) is 12.3 Å². The number of carbonyl (C=O) groups is 1. The van der Waals surface area contributed by atoms with Crippen LogP contribution in [0.15, 0.2) is 31.1 Å². The quantitative estimate of drug-likeness (QED) is 0.555. The molecule has 70 valence electrons. The minimum absolute atomic E-state index is 0.257. The van der Waals surface area contributed by atoms with Crippen LogP contribution in [0.1, 0.15) is 10.4 Å². The molecule has 0 saturated heterocycles. The van der Waals surface area contributed by atoms with E-state index in [4.69, 9.17) is 5.73 Å². The van der Waals surface area contributed by atoms with Crippen LogP contribution in [-0.4, -0.2) is 20.4 Å². The largest absolute Gasteiger partial charge is 0.383 e. The van der Waals surface area contributed by atoms with Crippen LogP contribution < -0.4 is 5.73 Å². The molecule has 0 aromatic carbocycles. The first-order chi connectivity index (χ1) is 6.74. The summed E-state index contributed by atoms with van der Waals surface area (Å²) in [6, 6.07) is 1.71. The molecule has 0 unspecified atom stereocenters. The maximum absolute atomic E-state index is 11.3. The molecule has 5 heteroatoms. The zero-order valence-corrected chi connectivity index (χ0v) is 7.34. The minimum atomic E-state index is -0.257. The molecule has 2 heterocycles. The summed E-state index contributed by atoms with van der Waals surface area (Å²) in [5, 5.41) is 3.94. The smallest absolute Gasteiger partial charge is 0.190 e. The minimum Gasteiger partial charge on any atom is -0.383 e. The van der Waals surface area contributed by atoms with E-state index in [-0.39, 0.29) is 11.6 Å². The molecule has 2 rings (SSSR count). The number of hydrogen-bond donors (Lipinski definition) is 1. The average Bonchev–Trinajstić information content (AvgIpc) is 2.66. The molecule has 0 spiro atoms. The highest BCUT2D eigenvalue weighted by Gasteiger charge is 2.10. The van der Waals surface area contributed by atoms with Crippen LogP contribution in [0, 0.1) is 0 Å². The number of nitrogen functional groups attached to an aromatic ring is 1. The van der Waals surface area contributed by atoms with Crippen LogP contribution in [0.3, 0.4) is 0 Å². The van der Waals surface area contributed by atoms with Crippen molar-refractivity contribution >= 4 is 17.2 Å². The van der Waals surface area contributed by atoms with Crippen molar-refractivity contribution in [2.45, 2.75) is 0 Å². The van der Waals surface area contributed by atoms with Gasteiger partial charge in [0.25, 0.3) is 0 Å². The molecule has 0 aliphatic rings. The second-order valence-corrected chi connectivity index (χ2v) is 2.73. The van der Waals surface area contributed by atoms with Gasteiger partial charge in [0, 0.05) is 12.3 Å². The molecular formula is C9H8N4O. The maximum Gasteiger partial charge on any atom is 0.190 e. The third-order valence-electron chi connectivity index (χ3n) is 1.90. The third kappa shape index (κ3) is 1.06.